The van der Waals surface area contributed by atoms with Crippen molar-refractivity contribution in [2.24, 2.45) is 0 Å². The molecule has 2 aromatic carbocycles. The number of nitrogens with zero attached hydrogens (tertiary/aromatic N) is 3. The standard InChI is InChI=1S/C22H17BrClFN4OS/c23-14-7-4-12(5-8-14)20-19-17(2-1-3-18(19)30)26-21-27-22(28-29(20)21)31-11-13-6-9-15(25)10-16(13)24/h4-10,20H,1-3,11H2,(H,26,27,28)/t20-/m1/s1. The Kier molecular flexibility index (Phi) is 5.62. The maximum Gasteiger partial charge on any atom is 0.227 e. The number of Topliss-reactive ketones (excluding diaryl/α,β-unsaturated/α-hetero) is 1. The Labute approximate surface area is 196 Å². The van der Waals surface area contributed by atoms with Crippen molar-refractivity contribution in [3.63, 3.8) is 0 Å². The third-order valence-electron chi connectivity index (χ3n) is 5.41. The summed E-state index contributed by atoms with van der Waals surface area (Å²) in [5.41, 5.74) is 3.49. The van der Waals surface area contributed by atoms with E-state index in [1.807, 2.05) is 24.3 Å². The number of hydrogen-bond acceptors (Lipinski definition) is 5. The molecular formula is C22H17BrClFN4OS. The molecule has 2 aliphatic rings. The highest BCUT2D eigenvalue weighted by Gasteiger charge is 2.36. The highest BCUT2D eigenvalue weighted by atomic mass is 79.9. The fraction of sp³-hybridized carbons (Fsp3) is 0.227. The van der Waals surface area contributed by atoms with Gasteiger partial charge in [-0.15, -0.1) is 5.10 Å². The molecule has 1 N–H and O–H groups in total. The summed E-state index contributed by atoms with van der Waals surface area (Å²) in [6.07, 6.45) is 2.19. The van der Waals surface area contributed by atoms with E-state index in [1.165, 1.54) is 23.9 Å². The van der Waals surface area contributed by atoms with E-state index in [1.54, 1.807) is 10.7 Å². The molecule has 0 spiro atoms. The summed E-state index contributed by atoms with van der Waals surface area (Å²) in [5, 5.41) is 8.98. The van der Waals surface area contributed by atoms with Crippen LogP contribution in [0.2, 0.25) is 5.02 Å². The molecule has 5 rings (SSSR count). The quantitative estimate of drug-likeness (QED) is 0.419. The van der Waals surface area contributed by atoms with Crippen molar-refractivity contribution in [3.8, 4) is 0 Å². The van der Waals surface area contributed by atoms with Gasteiger partial charge in [-0.05, 0) is 48.2 Å². The third kappa shape index (κ3) is 4.04. The number of hydrogen-bond donors (Lipinski definition) is 1. The zero-order valence-electron chi connectivity index (χ0n) is 16.2. The first-order valence-corrected chi connectivity index (χ1v) is 12.0. The van der Waals surface area contributed by atoms with E-state index in [0.29, 0.717) is 28.3 Å². The molecule has 2 heterocycles. The van der Waals surface area contributed by atoms with Crippen molar-refractivity contribution >= 4 is 51.0 Å². The van der Waals surface area contributed by atoms with Gasteiger partial charge in [0.25, 0.3) is 0 Å². The smallest absolute Gasteiger partial charge is 0.227 e. The van der Waals surface area contributed by atoms with Crippen LogP contribution >= 0.6 is 39.3 Å². The molecular weight excluding hydrogens is 503 g/mol. The number of fused-ring (bicyclic) bond motifs is 1. The third-order valence-corrected chi connectivity index (χ3v) is 7.17. The molecule has 1 atom stereocenters. The van der Waals surface area contributed by atoms with Crippen molar-refractivity contribution in [3.05, 3.63) is 80.2 Å². The molecule has 0 radical (unpaired) electrons. The van der Waals surface area contributed by atoms with Crippen LogP contribution in [0.1, 0.15) is 36.4 Å². The number of nitrogens with one attached hydrogen (secondary N) is 1. The highest BCUT2D eigenvalue weighted by molar-refractivity contribution is 9.10. The second-order valence-corrected chi connectivity index (χ2v) is 9.70. The molecule has 5 nitrogen and oxygen atoms in total. The molecule has 0 unspecified atom stereocenters. The van der Waals surface area contributed by atoms with Gasteiger partial charge in [-0.25, -0.2) is 9.07 Å². The second-order valence-electron chi connectivity index (χ2n) is 7.44. The largest absolute Gasteiger partial charge is 0.328 e. The Hall–Kier alpha value is -2.16. The molecule has 158 valence electrons. The fourth-order valence-corrected chi connectivity index (χ4v) is 5.34. The van der Waals surface area contributed by atoms with Crippen molar-refractivity contribution in [1.82, 2.24) is 14.8 Å². The summed E-state index contributed by atoms with van der Waals surface area (Å²) in [5.74, 6) is 0.916. The lowest BCUT2D eigenvalue weighted by molar-refractivity contribution is -0.116. The second kappa shape index (κ2) is 8.41. The van der Waals surface area contributed by atoms with Crippen molar-refractivity contribution in [2.45, 2.75) is 36.2 Å². The first-order chi connectivity index (χ1) is 15.0. The van der Waals surface area contributed by atoms with Gasteiger partial charge in [0.1, 0.15) is 11.9 Å². The number of carbonyl (C=O) groups excluding carboxylic acids is 1. The minimum Gasteiger partial charge on any atom is -0.328 e. The summed E-state index contributed by atoms with van der Waals surface area (Å²) < 4.78 is 16.1. The Bertz CT molecular complexity index is 1210. The minimum atomic E-state index is -0.364. The number of benzene rings is 2. The van der Waals surface area contributed by atoms with Gasteiger partial charge in [-0.2, -0.15) is 4.98 Å². The molecule has 31 heavy (non-hydrogen) atoms. The van der Waals surface area contributed by atoms with Crippen molar-refractivity contribution in [2.75, 3.05) is 5.32 Å². The number of halogens is 3. The zero-order chi connectivity index (χ0) is 21.5. The van der Waals surface area contributed by atoms with Crippen LogP contribution in [0, 0.1) is 5.82 Å². The number of anilines is 1. The molecule has 1 aliphatic heterocycles. The first-order valence-electron chi connectivity index (χ1n) is 9.81. The molecule has 0 saturated heterocycles. The number of thioether (sulfide) groups is 1. The first kappa shape index (κ1) is 20.7. The number of rotatable bonds is 4. The van der Waals surface area contributed by atoms with E-state index >= 15 is 0 Å². The fourth-order valence-electron chi connectivity index (χ4n) is 3.93. The Morgan fingerprint density at radius 1 is 1.23 bits per heavy atom. The van der Waals surface area contributed by atoms with Crippen LogP contribution in [-0.2, 0) is 10.5 Å². The van der Waals surface area contributed by atoms with E-state index in [0.717, 1.165) is 39.7 Å². The Balaban J connectivity index is 1.49. The molecule has 0 fully saturated rings. The van der Waals surface area contributed by atoms with Crippen LogP contribution in [-0.4, -0.2) is 20.5 Å². The summed E-state index contributed by atoms with van der Waals surface area (Å²) in [7, 11) is 0. The predicted molar refractivity (Wildman–Crippen MR) is 123 cm³/mol. The molecule has 0 amide bonds. The summed E-state index contributed by atoms with van der Waals surface area (Å²) in [6, 6.07) is 12.0. The van der Waals surface area contributed by atoms with E-state index in [2.05, 4.69) is 26.2 Å². The highest BCUT2D eigenvalue weighted by Crippen LogP contribution is 2.41. The summed E-state index contributed by atoms with van der Waals surface area (Å²) >= 11 is 11.0. The van der Waals surface area contributed by atoms with Crippen LogP contribution in [0.15, 0.2) is 63.4 Å². The molecule has 1 aromatic heterocycles. The van der Waals surface area contributed by atoms with E-state index < -0.39 is 0 Å². The molecule has 0 saturated carbocycles. The lowest BCUT2D eigenvalue weighted by Gasteiger charge is -2.32. The lowest BCUT2D eigenvalue weighted by Crippen LogP contribution is -2.31. The molecule has 1 aliphatic carbocycles. The molecule has 3 aromatic rings. The van der Waals surface area contributed by atoms with Crippen LogP contribution in [0.3, 0.4) is 0 Å². The van der Waals surface area contributed by atoms with Crippen LogP contribution in [0.5, 0.6) is 0 Å². The van der Waals surface area contributed by atoms with E-state index in [9.17, 15) is 9.18 Å². The van der Waals surface area contributed by atoms with Gasteiger partial charge >= 0.3 is 0 Å². The van der Waals surface area contributed by atoms with Crippen molar-refractivity contribution < 1.29 is 9.18 Å². The predicted octanol–water partition coefficient (Wildman–Crippen LogP) is 6.15. The zero-order valence-corrected chi connectivity index (χ0v) is 19.4. The molecule has 9 heteroatoms. The normalized spacial score (nSPS) is 17.9. The van der Waals surface area contributed by atoms with Gasteiger partial charge in [0, 0.05) is 32.9 Å². The number of carbonyl (C=O) groups is 1. The number of ketones is 1. The van der Waals surface area contributed by atoms with E-state index in [-0.39, 0.29) is 17.6 Å². The average molecular weight is 520 g/mol. The summed E-state index contributed by atoms with van der Waals surface area (Å²) in [6.45, 7) is 0. The average Bonchev–Trinajstić information content (AvgIpc) is 3.15. The van der Waals surface area contributed by atoms with Gasteiger partial charge in [0.2, 0.25) is 11.1 Å². The lowest BCUT2D eigenvalue weighted by atomic mass is 9.85. The summed E-state index contributed by atoms with van der Waals surface area (Å²) in [4.78, 5) is 17.5. The topological polar surface area (TPSA) is 59.8 Å². The minimum absolute atomic E-state index is 0.148. The van der Waals surface area contributed by atoms with Gasteiger partial charge < -0.3 is 5.32 Å². The van der Waals surface area contributed by atoms with Gasteiger partial charge in [-0.1, -0.05) is 57.5 Å². The maximum absolute atomic E-state index is 13.3. The Morgan fingerprint density at radius 3 is 2.81 bits per heavy atom. The van der Waals surface area contributed by atoms with Crippen LogP contribution in [0.4, 0.5) is 10.3 Å². The van der Waals surface area contributed by atoms with Gasteiger partial charge in [0.05, 0.1) is 0 Å². The van der Waals surface area contributed by atoms with Crippen LogP contribution in [0.25, 0.3) is 0 Å². The SMILES string of the molecule is O=C1CCCC2=C1[C@@H](c1ccc(Br)cc1)n1nc(SCc3ccc(F)cc3Cl)nc1N2. The van der Waals surface area contributed by atoms with Gasteiger partial charge in [0.15, 0.2) is 5.78 Å². The van der Waals surface area contributed by atoms with Crippen molar-refractivity contribution in [1.29, 1.82) is 0 Å². The maximum atomic E-state index is 13.3. The monoisotopic (exact) mass is 518 g/mol. The van der Waals surface area contributed by atoms with Gasteiger partial charge in [-0.3, -0.25) is 4.79 Å². The number of aromatic nitrogens is 3. The van der Waals surface area contributed by atoms with E-state index in [4.69, 9.17) is 16.7 Å². The molecule has 0 bridgehead atoms. The van der Waals surface area contributed by atoms with Crippen LogP contribution < -0.4 is 5.32 Å². The number of allylic oxidation sites excluding steroid dienone is 2. The Morgan fingerprint density at radius 2 is 2.03 bits per heavy atom.